The average molecular weight is 276 g/mol. The zero-order valence-corrected chi connectivity index (χ0v) is 11.4. The van der Waals surface area contributed by atoms with Gasteiger partial charge in [0, 0.05) is 19.1 Å². The van der Waals surface area contributed by atoms with Gasteiger partial charge in [0.25, 0.3) is 0 Å². The van der Waals surface area contributed by atoms with E-state index < -0.39 is 21.7 Å². The number of piperidine rings is 2. The number of hydrogen-bond acceptors (Lipinski definition) is 4. The molecule has 0 aromatic heterocycles. The molecule has 7 heteroatoms. The molecule has 2 unspecified atom stereocenters. The normalized spacial score (nSPS) is 30.9. The van der Waals surface area contributed by atoms with E-state index >= 15 is 0 Å². The maximum absolute atomic E-state index is 11.9. The van der Waals surface area contributed by atoms with Crippen LogP contribution in [0.3, 0.4) is 0 Å². The van der Waals surface area contributed by atoms with Crippen LogP contribution >= 0.6 is 0 Å². The Hall–Kier alpha value is -0.660. The van der Waals surface area contributed by atoms with Gasteiger partial charge in [0.2, 0.25) is 10.0 Å². The molecule has 0 spiro atoms. The van der Waals surface area contributed by atoms with E-state index in [0.717, 1.165) is 25.8 Å². The number of carboxylic acids is 1. The van der Waals surface area contributed by atoms with E-state index in [1.165, 1.54) is 4.31 Å². The summed E-state index contributed by atoms with van der Waals surface area (Å²) in [5, 5.41) is 8.64. The molecular weight excluding hydrogens is 256 g/mol. The van der Waals surface area contributed by atoms with Gasteiger partial charge in [-0.2, -0.15) is 0 Å². The predicted octanol–water partition coefficient (Wildman–Crippen LogP) is -0.183. The van der Waals surface area contributed by atoms with E-state index in [1.54, 1.807) is 0 Å². The molecule has 2 fully saturated rings. The standard InChI is InChI=1S/C11H20N2O4S/c1-12-5-2-3-9-7-13(6-4-10(9)12)18(16,17)8-11(14)15/h9-10H,2-8H2,1H3,(H,14,15). The van der Waals surface area contributed by atoms with Gasteiger partial charge in [-0.3, -0.25) is 4.79 Å². The number of sulfonamides is 1. The molecule has 0 amide bonds. The van der Waals surface area contributed by atoms with Crippen molar-refractivity contribution in [2.45, 2.75) is 25.3 Å². The van der Waals surface area contributed by atoms with Crippen molar-refractivity contribution < 1.29 is 18.3 Å². The largest absolute Gasteiger partial charge is 0.480 e. The van der Waals surface area contributed by atoms with Crippen LogP contribution in [0.4, 0.5) is 0 Å². The molecule has 2 aliphatic heterocycles. The number of nitrogens with zero attached hydrogens (tertiary/aromatic N) is 2. The molecule has 2 aliphatic rings. The molecule has 18 heavy (non-hydrogen) atoms. The summed E-state index contributed by atoms with van der Waals surface area (Å²) in [5.74, 6) is -1.72. The van der Waals surface area contributed by atoms with Crippen LogP contribution in [-0.4, -0.2) is 67.2 Å². The topological polar surface area (TPSA) is 77.9 Å². The minimum Gasteiger partial charge on any atom is -0.480 e. The zero-order valence-electron chi connectivity index (χ0n) is 10.6. The molecule has 1 N–H and O–H groups in total. The van der Waals surface area contributed by atoms with Gasteiger partial charge in [0.05, 0.1) is 0 Å². The number of carboxylic acid groups (broad SMARTS) is 1. The molecule has 2 atom stereocenters. The Bertz CT molecular complexity index is 423. The third-order valence-electron chi connectivity index (χ3n) is 4.01. The van der Waals surface area contributed by atoms with Crippen molar-refractivity contribution in [1.29, 1.82) is 0 Å². The van der Waals surface area contributed by atoms with Gasteiger partial charge in [-0.25, -0.2) is 12.7 Å². The van der Waals surface area contributed by atoms with Crippen LogP contribution in [0.15, 0.2) is 0 Å². The Morgan fingerprint density at radius 2 is 2.06 bits per heavy atom. The molecule has 2 heterocycles. The molecule has 2 rings (SSSR count). The van der Waals surface area contributed by atoms with Crippen LogP contribution in [0.25, 0.3) is 0 Å². The van der Waals surface area contributed by atoms with E-state index in [0.29, 0.717) is 25.0 Å². The third-order valence-corrected chi connectivity index (χ3v) is 5.74. The van der Waals surface area contributed by atoms with Gasteiger partial charge in [-0.15, -0.1) is 0 Å². The first-order valence-electron chi connectivity index (χ1n) is 6.30. The summed E-state index contributed by atoms with van der Waals surface area (Å²) in [4.78, 5) is 12.9. The number of rotatable bonds is 3. The summed E-state index contributed by atoms with van der Waals surface area (Å²) in [7, 11) is -1.55. The second kappa shape index (κ2) is 5.14. The second-order valence-electron chi connectivity index (χ2n) is 5.25. The molecule has 6 nitrogen and oxygen atoms in total. The van der Waals surface area contributed by atoms with Gasteiger partial charge in [0.1, 0.15) is 0 Å². The van der Waals surface area contributed by atoms with Crippen LogP contribution < -0.4 is 0 Å². The first-order valence-corrected chi connectivity index (χ1v) is 7.91. The number of aliphatic carboxylic acids is 1. The lowest BCUT2D eigenvalue weighted by Gasteiger charge is -2.45. The highest BCUT2D eigenvalue weighted by atomic mass is 32.2. The summed E-state index contributed by atoms with van der Waals surface area (Å²) < 4.78 is 25.1. The quantitative estimate of drug-likeness (QED) is 0.773. The summed E-state index contributed by atoms with van der Waals surface area (Å²) in [6, 6.07) is 0.454. The Balaban J connectivity index is 2.04. The molecule has 0 aromatic carbocycles. The molecular formula is C11H20N2O4S. The van der Waals surface area contributed by atoms with Crippen molar-refractivity contribution in [2.75, 3.05) is 32.4 Å². The Labute approximate surface area is 108 Å². The number of hydrogen-bond donors (Lipinski definition) is 1. The third kappa shape index (κ3) is 2.84. The SMILES string of the molecule is CN1CCCC2CN(S(=O)(=O)CC(=O)O)CCC21. The van der Waals surface area contributed by atoms with E-state index in [9.17, 15) is 13.2 Å². The lowest BCUT2D eigenvalue weighted by atomic mass is 9.85. The molecule has 2 saturated heterocycles. The van der Waals surface area contributed by atoms with Crippen molar-refractivity contribution in [1.82, 2.24) is 9.21 Å². The van der Waals surface area contributed by atoms with E-state index in [-0.39, 0.29) is 0 Å². The Morgan fingerprint density at radius 1 is 1.33 bits per heavy atom. The van der Waals surface area contributed by atoms with Crippen LogP contribution in [0.2, 0.25) is 0 Å². The lowest BCUT2D eigenvalue weighted by Crippen LogP contribution is -2.54. The van der Waals surface area contributed by atoms with E-state index in [2.05, 4.69) is 11.9 Å². The second-order valence-corrected chi connectivity index (χ2v) is 7.22. The smallest absolute Gasteiger partial charge is 0.320 e. The van der Waals surface area contributed by atoms with Gasteiger partial charge in [0.15, 0.2) is 5.75 Å². The van der Waals surface area contributed by atoms with Gasteiger partial charge >= 0.3 is 5.97 Å². The summed E-state index contributed by atoms with van der Waals surface area (Å²) in [6.45, 7) is 1.99. The van der Waals surface area contributed by atoms with Crippen LogP contribution in [0.1, 0.15) is 19.3 Å². The highest BCUT2D eigenvalue weighted by molar-refractivity contribution is 7.89. The first-order chi connectivity index (χ1) is 8.40. The minimum absolute atomic E-state index is 0.348. The van der Waals surface area contributed by atoms with E-state index in [1.807, 2.05) is 0 Å². The average Bonchev–Trinajstić information content (AvgIpc) is 2.27. The highest BCUT2D eigenvalue weighted by Gasteiger charge is 2.38. The summed E-state index contributed by atoms with van der Waals surface area (Å²) in [5.41, 5.74) is 0. The molecule has 0 aliphatic carbocycles. The fraction of sp³-hybridized carbons (Fsp3) is 0.909. The maximum Gasteiger partial charge on any atom is 0.320 e. The van der Waals surface area contributed by atoms with Crippen LogP contribution in [-0.2, 0) is 14.8 Å². The maximum atomic E-state index is 11.9. The molecule has 104 valence electrons. The van der Waals surface area contributed by atoms with Crippen molar-refractivity contribution >= 4 is 16.0 Å². The summed E-state index contributed by atoms with van der Waals surface area (Å²) >= 11 is 0. The number of likely N-dealkylation sites (tertiary alicyclic amines) is 1. The molecule has 0 aromatic rings. The fourth-order valence-corrected chi connectivity index (χ4v) is 4.42. The van der Waals surface area contributed by atoms with Crippen LogP contribution in [0.5, 0.6) is 0 Å². The monoisotopic (exact) mass is 276 g/mol. The van der Waals surface area contributed by atoms with Crippen molar-refractivity contribution in [3.05, 3.63) is 0 Å². The lowest BCUT2D eigenvalue weighted by molar-refractivity contribution is -0.134. The Kier molecular flexibility index (Phi) is 3.93. The number of fused-ring (bicyclic) bond motifs is 1. The van der Waals surface area contributed by atoms with Crippen molar-refractivity contribution in [3.63, 3.8) is 0 Å². The highest BCUT2D eigenvalue weighted by Crippen LogP contribution is 2.30. The predicted molar refractivity (Wildman–Crippen MR) is 66.8 cm³/mol. The van der Waals surface area contributed by atoms with Gasteiger partial charge in [-0.1, -0.05) is 0 Å². The molecule has 0 bridgehead atoms. The number of carbonyl (C=O) groups is 1. The van der Waals surface area contributed by atoms with Crippen molar-refractivity contribution in [3.8, 4) is 0 Å². The van der Waals surface area contributed by atoms with Crippen LogP contribution in [0, 0.1) is 5.92 Å². The fourth-order valence-electron chi connectivity index (χ4n) is 3.12. The zero-order chi connectivity index (χ0) is 13.3. The Morgan fingerprint density at radius 3 is 2.72 bits per heavy atom. The van der Waals surface area contributed by atoms with Crippen molar-refractivity contribution in [2.24, 2.45) is 5.92 Å². The molecule has 0 saturated carbocycles. The molecule has 0 radical (unpaired) electrons. The van der Waals surface area contributed by atoms with Gasteiger partial charge in [-0.05, 0) is 38.8 Å². The van der Waals surface area contributed by atoms with E-state index in [4.69, 9.17) is 5.11 Å². The minimum atomic E-state index is -3.64. The van der Waals surface area contributed by atoms with Gasteiger partial charge < -0.3 is 10.0 Å². The first kappa shape index (κ1) is 13.8. The summed E-state index contributed by atoms with van der Waals surface area (Å²) in [6.07, 6.45) is 2.93.